The summed E-state index contributed by atoms with van der Waals surface area (Å²) in [4.78, 5) is 11.5. The van der Waals surface area contributed by atoms with Gasteiger partial charge in [-0.05, 0) is 25.1 Å². The van der Waals surface area contributed by atoms with E-state index in [0.717, 1.165) is 25.9 Å². The van der Waals surface area contributed by atoms with E-state index in [1.807, 2.05) is 30.1 Å². The highest BCUT2D eigenvalue weighted by Crippen LogP contribution is 2.00. The van der Waals surface area contributed by atoms with Crippen molar-refractivity contribution in [2.45, 2.75) is 32.9 Å². The van der Waals surface area contributed by atoms with Crippen LogP contribution in [0.15, 0.2) is 18.5 Å². The molecule has 0 bridgehead atoms. The molecular weight excluding hydrogens is 202 g/mol. The molecule has 0 atom stereocenters. The maximum atomic E-state index is 11.5. The molecule has 4 heteroatoms. The van der Waals surface area contributed by atoms with Crippen molar-refractivity contribution in [1.29, 1.82) is 0 Å². The van der Waals surface area contributed by atoms with E-state index >= 15 is 0 Å². The van der Waals surface area contributed by atoms with E-state index < -0.39 is 0 Å². The zero-order valence-corrected chi connectivity index (χ0v) is 10.1. The fourth-order valence-corrected chi connectivity index (χ4v) is 1.52. The van der Waals surface area contributed by atoms with Gasteiger partial charge in [0, 0.05) is 25.5 Å². The third-order valence-corrected chi connectivity index (χ3v) is 2.37. The average Bonchev–Trinajstić information content (AvgIpc) is 2.66. The van der Waals surface area contributed by atoms with E-state index in [9.17, 15) is 4.79 Å². The minimum absolute atomic E-state index is 0.0834. The molecule has 1 aromatic heterocycles. The van der Waals surface area contributed by atoms with Crippen LogP contribution >= 0.6 is 0 Å². The van der Waals surface area contributed by atoms with Gasteiger partial charge in [-0.25, -0.2) is 0 Å². The quantitative estimate of drug-likeness (QED) is 0.681. The molecule has 16 heavy (non-hydrogen) atoms. The maximum absolute atomic E-state index is 11.5. The van der Waals surface area contributed by atoms with E-state index in [-0.39, 0.29) is 5.91 Å². The lowest BCUT2D eigenvalue weighted by Crippen LogP contribution is -2.27. The Kier molecular flexibility index (Phi) is 5.64. The van der Waals surface area contributed by atoms with Crippen LogP contribution in [0.2, 0.25) is 0 Å². The average molecular weight is 223 g/mol. The van der Waals surface area contributed by atoms with Crippen molar-refractivity contribution in [3.05, 3.63) is 24.0 Å². The summed E-state index contributed by atoms with van der Waals surface area (Å²) >= 11 is 0. The molecule has 0 aliphatic heterocycles. The lowest BCUT2D eigenvalue weighted by Gasteiger charge is -2.04. The van der Waals surface area contributed by atoms with Crippen LogP contribution in [0.1, 0.15) is 25.3 Å². The number of amides is 1. The Morgan fingerprint density at radius 3 is 3.00 bits per heavy atom. The number of carbonyl (C=O) groups is 1. The van der Waals surface area contributed by atoms with Gasteiger partial charge in [0.15, 0.2) is 0 Å². The van der Waals surface area contributed by atoms with Crippen molar-refractivity contribution < 1.29 is 4.79 Å². The normalized spacial score (nSPS) is 10.4. The van der Waals surface area contributed by atoms with Crippen LogP contribution in [0.5, 0.6) is 0 Å². The first-order valence-electron chi connectivity index (χ1n) is 5.82. The zero-order chi connectivity index (χ0) is 11.8. The van der Waals surface area contributed by atoms with Crippen LogP contribution in [0.3, 0.4) is 0 Å². The van der Waals surface area contributed by atoms with Crippen molar-refractivity contribution in [3.63, 3.8) is 0 Å². The highest BCUT2D eigenvalue weighted by atomic mass is 16.1. The molecule has 0 aliphatic rings. The molecule has 0 spiro atoms. The fourth-order valence-electron chi connectivity index (χ4n) is 1.52. The van der Waals surface area contributed by atoms with Crippen molar-refractivity contribution >= 4 is 5.91 Å². The van der Waals surface area contributed by atoms with Gasteiger partial charge in [-0.1, -0.05) is 13.3 Å². The van der Waals surface area contributed by atoms with Gasteiger partial charge in [0.1, 0.15) is 6.54 Å². The van der Waals surface area contributed by atoms with Gasteiger partial charge in [-0.2, -0.15) is 0 Å². The number of hydrogen-bond donors (Lipinski definition) is 2. The predicted molar refractivity (Wildman–Crippen MR) is 65.1 cm³/mol. The Morgan fingerprint density at radius 2 is 2.31 bits per heavy atom. The second kappa shape index (κ2) is 7.06. The molecule has 0 saturated carbocycles. The Balaban J connectivity index is 2.31. The van der Waals surface area contributed by atoms with E-state index in [1.54, 1.807) is 0 Å². The molecule has 0 unspecified atom stereocenters. The molecule has 0 aromatic carbocycles. The third kappa shape index (κ3) is 4.49. The number of aromatic nitrogens is 1. The van der Waals surface area contributed by atoms with E-state index in [0.29, 0.717) is 6.54 Å². The Morgan fingerprint density at radius 1 is 1.50 bits per heavy atom. The molecule has 1 amide bonds. The summed E-state index contributed by atoms with van der Waals surface area (Å²) in [6.07, 6.45) is 6.08. The number of nitrogens with one attached hydrogen (secondary N) is 2. The molecule has 1 rings (SSSR count). The Labute approximate surface area is 97.0 Å². The van der Waals surface area contributed by atoms with Crippen molar-refractivity contribution in [2.24, 2.45) is 0 Å². The van der Waals surface area contributed by atoms with E-state index in [4.69, 9.17) is 0 Å². The standard InChI is InChI=1S/C12H21N3O/c1-3-4-6-14-12(16)10-15-7-5-11(9-15)8-13-2/h5,7,9,13H,3-4,6,8,10H2,1-2H3,(H,14,16). The smallest absolute Gasteiger partial charge is 0.239 e. The predicted octanol–water partition coefficient (Wildman–Crippen LogP) is 1.12. The lowest BCUT2D eigenvalue weighted by atomic mass is 10.3. The zero-order valence-electron chi connectivity index (χ0n) is 10.1. The van der Waals surface area contributed by atoms with Gasteiger partial charge < -0.3 is 15.2 Å². The molecule has 1 heterocycles. The summed E-state index contributed by atoms with van der Waals surface area (Å²) in [7, 11) is 1.91. The fraction of sp³-hybridized carbons (Fsp3) is 0.583. The second-order valence-electron chi connectivity index (χ2n) is 3.93. The molecule has 0 fully saturated rings. The van der Waals surface area contributed by atoms with E-state index in [2.05, 4.69) is 17.6 Å². The highest BCUT2D eigenvalue weighted by Gasteiger charge is 2.02. The number of rotatable bonds is 7. The van der Waals surface area contributed by atoms with Crippen molar-refractivity contribution in [2.75, 3.05) is 13.6 Å². The Bertz CT molecular complexity index is 320. The summed E-state index contributed by atoms with van der Waals surface area (Å²) in [5.74, 6) is 0.0834. The molecule has 4 nitrogen and oxygen atoms in total. The highest BCUT2D eigenvalue weighted by molar-refractivity contribution is 5.75. The summed E-state index contributed by atoms with van der Waals surface area (Å²) < 4.78 is 1.91. The van der Waals surface area contributed by atoms with Crippen molar-refractivity contribution in [3.8, 4) is 0 Å². The number of carbonyl (C=O) groups excluding carboxylic acids is 1. The molecule has 2 N–H and O–H groups in total. The largest absolute Gasteiger partial charge is 0.355 e. The van der Waals surface area contributed by atoms with Crippen LogP contribution in [-0.2, 0) is 17.9 Å². The van der Waals surface area contributed by atoms with Crippen LogP contribution < -0.4 is 10.6 Å². The van der Waals surface area contributed by atoms with Crippen LogP contribution in [0.4, 0.5) is 0 Å². The van der Waals surface area contributed by atoms with Gasteiger partial charge in [0.2, 0.25) is 5.91 Å². The van der Waals surface area contributed by atoms with Gasteiger partial charge in [0.25, 0.3) is 0 Å². The van der Waals surface area contributed by atoms with E-state index in [1.165, 1.54) is 5.56 Å². The minimum atomic E-state index is 0.0834. The monoisotopic (exact) mass is 223 g/mol. The number of hydrogen-bond acceptors (Lipinski definition) is 2. The Hall–Kier alpha value is -1.29. The van der Waals surface area contributed by atoms with Crippen molar-refractivity contribution in [1.82, 2.24) is 15.2 Å². The number of nitrogens with zero attached hydrogens (tertiary/aromatic N) is 1. The topological polar surface area (TPSA) is 46.1 Å². The van der Waals surface area contributed by atoms with Gasteiger partial charge in [-0.15, -0.1) is 0 Å². The molecular formula is C12H21N3O. The molecule has 0 aliphatic carbocycles. The third-order valence-electron chi connectivity index (χ3n) is 2.37. The van der Waals surface area contributed by atoms with Gasteiger partial charge in [-0.3, -0.25) is 4.79 Å². The van der Waals surface area contributed by atoms with Crippen LogP contribution in [0, 0.1) is 0 Å². The summed E-state index contributed by atoms with van der Waals surface area (Å²) in [5, 5.41) is 5.98. The molecule has 1 aromatic rings. The van der Waals surface area contributed by atoms with Crippen LogP contribution in [0.25, 0.3) is 0 Å². The lowest BCUT2D eigenvalue weighted by molar-refractivity contribution is -0.121. The van der Waals surface area contributed by atoms with Crippen LogP contribution in [-0.4, -0.2) is 24.1 Å². The first-order valence-corrected chi connectivity index (χ1v) is 5.82. The SMILES string of the molecule is CCCCNC(=O)Cn1ccc(CNC)c1. The minimum Gasteiger partial charge on any atom is -0.355 e. The second-order valence-corrected chi connectivity index (χ2v) is 3.93. The number of unbranched alkanes of at least 4 members (excludes halogenated alkanes) is 1. The first kappa shape index (κ1) is 12.8. The molecule has 90 valence electrons. The molecule has 0 radical (unpaired) electrons. The first-order chi connectivity index (χ1) is 7.76. The summed E-state index contributed by atoms with van der Waals surface area (Å²) in [6.45, 7) is 4.14. The summed E-state index contributed by atoms with van der Waals surface area (Å²) in [5.41, 5.74) is 1.20. The molecule has 0 saturated heterocycles. The van der Waals surface area contributed by atoms with Gasteiger partial charge >= 0.3 is 0 Å². The summed E-state index contributed by atoms with van der Waals surface area (Å²) in [6, 6.07) is 2.02. The maximum Gasteiger partial charge on any atom is 0.239 e. The van der Waals surface area contributed by atoms with Gasteiger partial charge in [0.05, 0.1) is 0 Å².